The van der Waals surface area contributed by atoms with Crippen molar-refractivity contribution >= 4 is 23.1 Å². The largest absolute Gasteiger partial charge is 0.389 e. The number of hydrogen-bond acceptors (Lipinski definition) is 3. The van der Waals surface area contributed by atoms with E-state index in [1.807, 2.05) is 47.2 Å². The molecular formula is C16H20N2O2S. The Labute approximate surface area is 129 Å². The summed E-state index contributed by atoms with van der Waals surface area (Å²) in [5, 5.41) is 16.7. The standard InChI is InChI=1S/C16H20N2O2S/c1-16(2,20)12-18(10-13-6-4-3-5-7-13)15(19)17-14-8-9-21-11-14/h3-9,11,20H,10,12H2,1-2H3,(H,17,19). The highest BCUT2D eigenvalue weighted by Gasteiger charge is 2.22. The van der Waals surface area contributed by atoms with Gasteiger partial charge in [-0.1, -0.05) is 30.3 Å². The van der Waals surface area contributed by atoms with Crippen LogP contribution >= 0.6 is 11.3 Å². The Balaban J connectivity index is 2.09. The quantitative estimate of drug-likeness (QED) is 0.887. The summed E-state index contributed by atoms with van der Waals surface area (Å²) in [6.45, 7) is 4.12. The number of anilines is 1. The van der Waals surface area contributed by atoms with Gasteiger partial charge in [-0.15, -0.1) is 0 Å². The van der Waals surface area contributed by atoms with Crippen molar-refractivity contribution in [3.63, 3.8) is 0 Å². The van der Waals surface area contributed by atoms with Gasteiger partial charge in [0.15, 0.2) is 0 Å². The third-order valence-electron chi connectivity index (χ3n) is 2.85. The second-order valence-corrected chi connectivity index (χ2v) is 6.38. The molecule has 5 heteroatoms. The third-order valence-corrected chi connectivity index (χ3v) is 3.54. The van der Waals surface area contributed by atoms with Crippen molar-refractivity contribution in [3.05, 3.63) is 52.7 Å². The monoisotopic (exact) mass is 304 g/mol. The molecule has 2 aromatic rings. The number of thiophene rings is 1. The Morgan fingerprint density at radius 3 is 2.57 bits per heavy atom. The number of urea groups is 1. The zero-order chi connectivity index (χ0) is 15.3. The maximum absolute atomic E-state index is 12.4. The van der Waals surface area contributed by atoms with E-state index in [-0.39, 0.29) is 12.6 Å². The fourth-order valence-corrected chi connectivity index (χ4v) is 2.60. The van der Waals surface area contributed by atoms with Gasteiger partial charge in [0.2, 0.25) is 0 Å². The first kappa shape index (κ1) is 15.5. The molecule has 0 saturated heterocycles. The normalized spacial score (nSPS) is 11.2. The average molecular weight is 304 g/mol. The molecule has 4 nitrogen and oxygen atoms in total. The minimum atomic E-state index is -0.944. The van der Waals surface area contributed by atoms with Crippen molar-refractivity contribution in [2.24, 2.45) is 0 Å². The summed E-state index contributed by atoms with van der Waals surface area (Å²) in [7, 11) is 0. The van der Waals surface area contributed by atoms with Crippen LogP contribution < -0.4 is 5.32 Å². The Morgan fingerprint density at radius 1 is 1.29 bits per heavy atom. The molecule has 2 N–H and O–H groups in total. The maximum Gasteiger partial charge on any atom is 0.322 e. The molecule has 0 unspecified atom stereocenters. The van der Waals surface area contributed by atoms with Crippen molar-refractivity contribution < 1.29 is 9.90 Å². The summed E-state index contributed by atoms with van der Waals surface area (Å²) in [6.07, 6.45) is 0. The fraction of sp³-hybridized carbons (Fsp3) is 0.312. The van der Waals surface area contributed by atoms with Gasteiger partial charge >= 0.3 is 6.03 Å². The predicted octanol–water partition coefficient (Wildman–Crippen LogP) is 3.55. The van der Waals surface area contributed by atoms with Crippen LogP contribution in [-0.2, 0) is 6.54 Å². The molecule has 112 valence electrons. The smallest absolute Gasteiger partial charge is 0.322 e. The molecule has 1 aromatic heterocycles. The molecule has 0 aliphatic heterocycles. The van der Waals surface area contributed by atoms with Crippen LogP contribution in [0.3, 0.4) is 0 Å². The molecule has 0 saturated carbocycles. The Bertz CT molecular complexity index is 562. The van der Waals surface area contributed by atoms with Gasteiger partial charge in [-0.25, -0.2) is 4.79 Å². The van der Waals surface area contributed by atoms with E-state index in [2.05, 4.69) is 5.32 Å². The van der Waals surface area contributed by atoms with Gasteiger partial charge in [0.05, 0.1) is 17.8 Å². The Kier molecular flexibility index (Phi) is 4.98. The van der Waals surface area contributed by atoms with Gasteiger partial charge in [-0.3, -0.25) is 0 Å². The molecule has 0 bridgehead atoms. The van der Waals surface area contributed by atoms with E-state index in [9.17, 15) is 9.90 Å². The summed E-state index contributed by atoms with van der Waals surface area (Å²) < 4.78 is 0. The van der Waals surface area contributed by atoms with E-state index >= 15 is 0 Å². The predicted molar refractivity (Wildman–Crippen MR) is 86.5 cm³/mol. The summed E-state index contributed by atoms with van der Waals surface area (Å²) in [6, 6.07) is 11.4. The topological polar surface area (TPSA) is 52.6 Å². The fourth-order valence-electron chi connectivity index (χ4n) is 2.01. The van der Waals surface area contributed by atoms with Crippen LogP contribution in [0, 0.1) is 0 Å². The van der Waals surface area contributed by atoms with Crippen molar-refractivity contribution in [1.29, 1.82) is 0 Å². The van der Waals surface area contributed by atoms with Crippen LogP contribution in [0.25, 0.3) is 0 Å². The van der Waals surface area contributed by atoms with Crippen molar-refractivity contribution in [2.75, 3.05) is 11.9 Å². The van der Waals surface area contributed by atoms with Gasteiger partial charge in [0, 0.05) is 11.9 Å². The summed E-state index contributed by atoms with van der Waals surface area (Å²) in [4.78, 5) is 14.0. The van der Waals surface area contributed by atoms with Crippen LogP contribution in [-0.4, -0.2) is 28.2 Å². The molecule has 0 fully saturated rings. The van der Waals surface area contributed by atoms with Gasteiger partial charge in [-0.05, 0) is 30.9 Å². The minimum Gasteiger partial charge on any atom is -0.389 e. The van der Waals surface area contributed by atoms with E-state index in [0.29, 0.717) is 6.54 Å². The molecule has 2 amide bonds. The lowest BCUT2D eigenvalue weighted by molar-refractivity contribution is 0.0469. The zero-order valence-corrected chi connectivity index (χ0v) is 13.1. The highest BCUT2D eigenvalue weighted by molar-refractivity contribution is 7.08. The first-order valence-corrected chi connectivity index (χ1v) is 7.73. The summed E-state index contributed by atoms with van der Waals surface area (Å²) in [5.41, 5.74) is 0.863. The van der Waals surface area contributed by atoms with E-state index < -0.39 is 5.60 Å². The number of carbonyl (C=O) groups is 1. The van der Waals surface area contributed by atoms with Crippen molar-refractivity contribution in [1.82, 2.24) is 4.90 Å². The number of benzene rings is 1. The molecule has 0 spiro atoms. The van der Waals surface area contributed by atoms with Crippen molar-refractivity contribution in [3.8, 4) is 0 Å². The van der Waals surface area contributed by atoms with Crippen molar-refractivity contribution in [2.45, 2.75) is 26.0 Å². The van der Waals surface area contributed by atoms with Crippen LogP contribution in [0.5, 0.6) is 0 Å². The first-order chi connectivity index (χ1) is 9.94. The average Bonchev–Trinajstić information content (AvgIpc) is 2.90. The molecule has 0 aliphatic carbocycles. The SMILES string of the molecule is CC(C)(O)CN(Cc1ccccc1)C(=O)Nc1ccsc1. The van der Waals surface area contributed by atoms with E-state index in [1.54, 1.807) is 18.7 Å². The van der Waals surface area contributed by atoms with E-state index in [1.165, 1.54) is 11.3 Å². The minimum absolute atomic E-state index is 0.209. The molecule has 2 rings (SSSR count). The van der Waals surface area contributed by atoms with E-state index in [4.69, 9.17) is 0 Å². The summed E-state index contributed by atoms with van der Waals surface area (Å²) in [5.74, 6) is 0. The summed E-state index contributed by atoms with van der Waals surface area (Å²) >= 11 is 1.53. The lowest BCUT2D eigenvalue weighted by atomic mass is 10.1. The number of nitrogens with zero attached hydrogens (tertiary/aromatic N) is 1. The number of carbonyl (C=O) groups excluding carboxylic acids is 1. The number of nitrogens with one attached hydrogen (secondary N) is 1. The Hall–Kier alpha value is -1.85. The second-order valence-electron chi connectivity index (χ2n) is 5.60. The molecule has 0 atom stereocenters. The second kappa shape index (κ2) is 6.74. The molecule has 1 aromatic carbocycles. The first-order valence-electron chi connectivity index (χ1n) is 6.78. The molecule has 21 heavy (non-hydrogen) atoms. The third kappa shape index (κ3) is 5.21. The van der Waals surface area contributed by atoms with Crippen LogP contribution in [0.4, 0.5) is 10.5 Å². The Morgan fingerprint density at radius 2 is 2.00 bits per heavy atom. The highest BCUT2D eigenvalue weighted by Crippen LogP contribution is 2.15. The molecular weight excluding hydrogens is 284 g/mol. The number of hydrogen-bond donors (Lipinski definition) is 2. The van der Waals surface area contributed by atoms with Gasteiger partial charge in [-0.2, -0.15) is 11.3 Å². The number of rotatable bonds is 5. The van der Waals surface area contributed by atoms with Gasteiger partial charge in [0.25, 0.3) is 0 Å². The molecule has 1 heterocycles. The molecule has 0 aliphatic rings. The highest BCUT2D eigenvalue weighted by atomic mass is 32.1. The zero-order valence-electron chi connectivity index (χ0n) is 12.2. The number of amides is 2. The van der Waals surface area contributed by atoms with Gasteiger partial charge < -0.3 is 15.3 Å². The number of aliphatic hydroxyl groups is 1. The van der Waals surface area contributed by atoms with Crippen LogP contribution in [0.1, 0.15) is 19.4 Å². The maximum atomic E-state index is 12.4. The van der Waals surface area contributed by atoms with Gasteiger partial charge in [0.1, 0.15) is 0 Å². The van der Waals surface area contributed by atoms with Crippen LogP contribution in [0.2, 0.25) is 0 Å². The van der Waals surface area contributed by atoms with Crippen LogP contribution in [0.15, 0.2) is 47.2 Å². The van der Waals surface area contributed by atoms with E-state index in [0.717, 1.165) is 11.3 Å². The lowest BCUT2D eigenvalue weighted by Crippen LogP contribution is -2.43. The molecule has 0 radical (unpaired) electrons. The lowest BCUT2D eigenvalue weighted by Gasteiger charge is -2.29.